The zero-order chi connectivity index (χ0) is 12.9. The summed E-state index contributed by atoms with van der Waals surface area (Å²) in [6.07, 6.45) is 4.14. The van der Waals surface area contributed by atoms with Gasteiger partial charge in [0.1, 0.15) is 5.60 Å². The van der Waals surface area contributed by atoms with Crippen LogP contribution in [-0.4, -0.2) is 21.9 Å². The maximum atomic E-state index is 10.2. The summed E-state index contributed by atoms with van der Waals surface area (Å²) in [5.74, 6) is 0. The Labute approximate surface area is 97.6 Å². The molecule has 2 nitrogen and oxygen atoms in total. The van der Waals surface area contributed by atoms with Crippen molar-refractivity contribution < 1.29 is 10.2 Å². The van der Waals surface area contributed by atoms with Crippen LogP contribution in [-0.2, 0) is 0 Å². The molecule has 0 bridgehead atoms. The van der Waals surface area contributed by atoms with Crippen LogP contribution in [0.3, 0.4) is 0 Å². The lowest BCUT2D eigenvalue weighted by molar-refractivity contribution is 0.130. The minimum atomic E-state index is -1.05. The second kappa shape index (κ2) is 5.64. The Balaban J connectivity index is 0.00000106. The van der Waals surface area contributed by atoms with Crippen molar-refractivity contribution in [3.05, 3.63) is 61.3 Å². The van der Waals surface area contributed by atoms with Gasteiger partial charge in [-0.3, -0.25) is 0 Å². The van der Waals surface area contributed by atoms with Gasteiger partial charge < -0.3 is 10.2 Å². The summed E-state index contributed by atoms with van der Waals surface area (Å²) in [6.45, 7) is 16.8. The Morgan fingerprint density at radius 2 is 1.94 bits per heavy atom. The quantitative estimate of drug-likeness (QED) is 0.554. The SMILES string of the molecule is C=C.C=CC(=C)C1=CC(O)C=C(C)C1(C)O. The molecule has 0 radical (unpaired) electrons. The average Bonchev–Trinajstić information content (AvgIpc) is 2.25. The van der Waals surface area contributed by atoms with Crippen molar-refractivity contribution in [2.45, 2.75) is 25.6 Å². The minimum absolute atomic E-state index is 0.625. The highest BCUT2D eigenvalue weighted by Crippen LogP contribution is 2.34. The zero-order valence-electron chi connectivity index (χ0n) is 10.0. The Morgan fingerprint density at radius 1 is 1.44 bits per heavy atom. The molecule has 0 fully saturated rings. The van der Waals surface area contributed by atoms with Gasteiger partial charge in [-0.25, -0.2) is 0 Å². The first kappa shape index (κ1) is 14.6. The first-order valence-corrected chi connectivity index (χ1v) is 5.03. The Kier molecular flexibility index (Phi) is 5.15. The van der Waals surface area contributed by atoms with Crippen LogP contribution in [0.15, 0.2) is 61.3 Å². The summed E-state index contributed by atoms with van der Waals surface area (Å²) in [5, 5.41) is 19.7. The molecule has 1 aliphatic rings. The van der Waals surface area contributed by atoms with Crippen LogP contribution < -0.4 is 0 Å². The molecule has 0 heterocycles. The Morgan fingerprint density at radius 3 is 2.38 bits per heavy atom. The molecule has 0 saturated heterocycles. The van der Waals surface area contributed by atoms with Crippen molar-refractivity contribution in [3.8, 4) is 0 Å². The highest BCUT2D eigenvalue weighted by atomic mass is 16.3. The van der Waals surface area contributed by atoms with Crippen molar-refractivity contribution in [2.75, 3.05) is 0 Å². The van der Waals surface area contributed by atoms with E-state index in [1.807, 2.05) is 0 Å². The summed E-state index contributed by atoms with van der Waals surface area (Å²) in [4.78, 5) is 0. The fourth-order valence-electron chi connectivity index (χ4n) is 1.54. The van der Waals surface area contributed by atoms with Gasteiger partial charge in [0, 0.05) is 0 Å². The van der Waals surface area contributed by atoms with E-state index in [2.05, 4.69) is 26.3 Å². The van der Waals surface area contributed by atoms with Crippen LogP contribution in [0.25, 0.3) is 0 Å². The van der Waals surface area contributed by atoms with Gasteiger partial charge in [0.25, 0.3) is 0 Å². The smallest absolute Gasteiger partial charge is 0.108 e. The Hall–Kier alpha value is -1.38. The van der Waals surface area contributed by atoms with Gasteiger partial charge in [0.15, 0.2) is 0 Å². The third kappa shape index (κ3) is 2.81. The molecule has 0 amide bonds. The number of rotatable bonds is 2. The van der Waals surface area contributed by atoms with Crippen molar-refractivity contribution in [3.63, 3.8) is 0 Å². The van der Waals surface area contributed by atoms with Crippen LogP contribution >= 0.6 is 0 Å². The fourth-order valence-corrected chi connectivity index (χ4v) is 1.54. The van der Waals surface area contributed by atoms with Crippen LogP contribution in [0.4, 0.5) is 0 Å². The van der Waals surface area contributed by atoms with E-state index in [4.69, 9.17) is 0 Å². The molecule has 1 aliphatic carbocycles. The van der Waals surface area contributed by atoms with E-state index in [1.165, 1.54) is 0 Å². The van der Waals surface area contributed by atoms with Gasteiger partial charge in [-0.15, -0.1) is 13.2 Å². The Bertz CT molecular complexity index is 346. The molecule has 0 spiro atoms. The minimum Gasteiger partial charge on any atom is -0.385 e. The van der Waals surface area contributed by atoms with Crippen LogP contribution in [0.5, 0.6) is 0 Å². The summed E-state index contributed by atoms with van der Waals surface area (Å²) in [7, 11) is 0. The molecule has 2 unspecified atom stereocenters. The first-order valence-electron chi connectivity index (χ1n) is 5.03. The van der Waals surface area contributed by atoms with E-state index in [-0.39, 0.29) is 0 Å². The monoisotopic (exact) mass is 220 g/mol. The van der Waals surface area contributed by atoms with E-state index >= 15 is 0 Å². The molecule has 0 aromatic heterocycles. The number of hydrogen-bond acceptors (Lipinski definition) is 2. The van der Waals surface area contributed by atoms with Gasteiger partial charge in [-0.05, 0) is 36.6 Å². The summed E-state index contributed by atoms with van der Waals surface area (Å²) < 4.78 is 0. The highest BCUT2D eigenvalue weighted by molar-refractivity contribution is 5.50. The number of hydrogen-bond donors (Lipinski definition) is 2. The first-order chi connectivity index (χ1) is 7.39. The molecular weight excluding hydrogens is 200 g/mol. The summed E-state index contributed by atoms with van der Waals surface area (Å²) >= 11 is 0. The molecule has 1 rings (SSSR count). The standard InChI is InChI=1S/C12H16O2.C2H4/c1-5-8(2)11-7-10(13)6-9(3)12(11,4)14;1-2/h5-7,10,13-14H,1-2H2,3-4H3;1-2H2. The zero-order valence-corrected chi connectivity index (χ0v) is 10.0. The summed E-state index contributed by atoms with van der Waals surface area (Å²) in [5.41, 5.74) is 0.942. The second-order valence-electron chi connectivity index (χ2n) is 3.72. The van der Waals surface area contributed by atoms with E-state index in [0.29, 0.717) is 11.1 Å². The van der Waals surface area contributed by atoms with Crippen molar-refractivity contribution in [1.82, 2.24) is 0 Å². The molecule has 16 heavy (non-hydrogen) atoms. The number of aliphatic hydroxyl groups is 2. The molecule has 88 valence electrons. The number of allylic oxidation sites excluding steroid dienone is 1. The summed E-state index contributed by atoms with van der Waals surface area (Å²) in [6, 6.07) is 0. The third-order valence-electron chi connectivity index (χ3n) is 2.64. The van der Waals surface area contributed by atoms with Gasteiger partial charge in [-0.2, -0.15) is 0 Å². The van der Waals surface area contributed by atoms with E-state index in [0.717, 1.165) is 5.57 Å². The number of aliphatic hydroxyl groups excluding tert-OH is 1. The largest absolute Gasteiger partial charge is 0.385 e. The van der Waals surface area contributed by atoms with Crippen molar-refractivity contribution in [2.24, 2.45) is 0 Å². The van der Waals surface area contributed by atoms with Crippen LogP contribution in [0.1, 0.15) is 13.8 Å². The third-order valence-corrected chi connectivity index (χ3v) is 2.64. The molecule has 0 aliphatic heterocycles. The van der Waals surface area contributed by atoms with Crippen molar-refractivity contribution in [1.29, 1.82) is 0 Å². The molecule has 0 aromatic rings. The van der Waals surface area contributed by atoms with Gasteiger partial charge in [-0.1, -0.05) is 25.3 Å². The lowest BCUT2D eigenvalue weighted by Gasteiger charge is -2.32. The molecule has 0 aromatic carbocycles. The van der Waals surface area contributed by atoms with Gasteiger partial charge >= 0.3 is 0 Å². The molecule has 2 N–H and O–H groups in total. The topological polar surface area (TPSA) is 40.5 Å². The molecule has 2 atom stereocenters. The normalized spacial score (nSPS) is 28.1. The lowest BCUT2D eigenvalue weighted by atomic mass is 9.80. The van der Waals surface area contributed by atoms with Crippen LogP contribution in [0, 0.1) is 0 Å². The predicted molar refractivity (Wildman–Crippen MR) is 69.1 cm³/mol. The highest BCUT2D eigenvalue weighted by Gasteiger charge is 2.32. The lowest BCUT2D eigenvalue weighted by Crippen LogP contribution is -2.33. The van der Waals surface area contributed by atoms with Crippen molar-refractivity contribution >= 4 is 0 Å². The fraction of sp³-hybridized carbons (Fsp3) is 0.286. The van der Waals surface area contributed by atoms with E-state index < -0.39 is 11.7 Å². The maximum absolute atomic E-state index is 10.2. The molecule has 0 saturated carbocycles. The molecular formula is C14H20O2. The predicted octanol–water partition coefficient (Wildman–Crippen LogP) is 2.53. The van der Waals surface area contributed by atoms with E-state index in [1.54, 1.807) is 32.1 Å². The van der Waals surface area contributed by atoms with E-state index in [9.17, 15) is 10.2 Å². The average molecular weight is 220 g/mol. The second-order valence-corrected chi connectivity index (χ2v) is 3.72. The van der Waals surface area contributed by atoms with Crippen LogP contribution in [0.2, 0.25) is 0 Å². The van der Waals surface area contributed by atoms with Gasteiger partial charge in [0.2, 0.25) is 0 Å². The molecule has 2 heteroatoms. The maximum Gasteiger partial charge on any atom is 0.108 e. The van der Waals surface area contributed by atoms with Gasteiger partial charge in [0.05, 0.1) is 6.10 Å².